The average Bonchev–Trinajstić information content (AvgIpc) is 2.70. The van der Waals surface area contributed by atoms with Crippen molar-refractivity contribution in [2.75, 3.05) is 19.8 Å². The summed E-state index contributed by atoms with van der Waals surface area (Å²) in [5.74, 6) is 0.951. The lowest BCUT2D eigenvalue weighted by Gasteiger charge is -2.15. The summed E-state index contributed by atoms with van der Waals surface area (Å²) >= 11 is 0. The van der Waals surface area contributed by atoms with Crippen LogP contribution in [0.5, 0.6) is 5.75 Å². The van der Waals surface area contributed by atoms with Gasteiger partial charge in [-0.3, -0.25) is 0 Å². The minimum Gasteiger partial charge on any atom is -0.489 e. The van der Waals surface area contributed by atoms with Gasteiger partial charge in [-0.25, -0.2) is 0 Å². The summed E-state index contributed by atoms with van der Waals surface area (Å²) in [6, 6.07) is 21.2. The number of hydrogen-bond acceptors (Lipinski definition) is 3. The molecule has 0 aliphatic rings. The first kappa shape index (κ1) is 19.4. The van der Waals surface area contributed by atoms with Crippen molar-refractivity contribution in [2.45, 2.75) is 33.4 Å². The van der Waals surface area contributed by atoms with E-state index in [0.717, 1.165) is 38.5 Å². The van der Waals surface area contributed by atoms with Gasteiger partial charge >= 0.3 is 0 Å². The molecular formula is C24H29NO2. The highest BCUT2D eigenvalue weighted by Gasteiger charge is 2.09. The molecular weight excluding hydrogens is 334 g/mol. The molecule has 0 spiro atoms. The summed E-state index contributed by atoms with van der Waals surface area (Å²) in [5.41, 5.74) is 3.67. The maximum Gasteiger partial charge on any atom is 0.124 e. The molecule has 142 valence electrons. The minimum absolute atomic E-state index is 0.579. The van der Waals surface area contributed by atoms with Crippen molar-refractivity contribution in [1.29, 1.82) is 0 Å². The lowest BCUT2D eigenvalue weighted by atomic mass is 10.0. The molecule has 0 heterocycles. The van der Waals surface area contributed by atoms with Crippen LogP contribution in [0.25, 0.3) is 10.8 Å². The fourth-order valence-corrected chi connectivity index (χ4v) is 3.14. The fraction of sp³-hybridized carbons (Fsp3) is 0.333. The summed E-state index contributed by atoms with van der Waals surface area (Å²) in [7, 11) is 0. The van der Waals surface area contributed by atoms with E-state index in [1.807, 2.05) is 6.92 Å². The molecule has 0 saturated carbocycles. The van der Waals surface area contributed by atoms with Crippen LogP contribution in [-0.4, -0.2) is 19.8 Å². The molecule has 3 nitrogen and oxygen atoms in total. The topological polar surface area (TPSA) is 30.5 Å². The lowest BCUT2D eigenvalue weighted by molar-refractivity contribution is 0.144. The van der Waals surface area contributed by atoms with Crippen LogP contribution in [0.15, 0.2) is 60.7 Å². The predicted molar refractivity (Wildman–Crippen MR) is 112 cm³/mol. The fourth-order valence-electron chi connectivity index (χ4n) is 3.14. The first-order chi connectivity index (χ1) is 13.3. The van der Waals surface area contributed by atoms with Crippen LogP contribution in [0.1, 0.15) is 30.0 Å². The van der Waals surface area contributed by atoms with Gasteiger partial charge in [0.05, 0.1) is 0 Å². The summed E-state index contributed by atoms with van der Waals surface area (Å²) < 4.78 is 11.6. The van der Waals surface area contributed by atoms with Crippen LogP contribution in [-0.2, 0) is 17.9 Å². The zero-order valence-corrected chi connectivity index (χ0v) is 16.3. The Bertz CT molecular complexity index is 843. The third-order valence-corrected chi connectivity index (χ3v) is 4.66. The highest BCUT2D eigenvalue weighted by molar-refractivity contribution is 5.87. The van der Waals surface area contributed by atoms with Crippen LogP contribution < -0.4 is 10.1 Å². The van der Waals surface area contributed by atoms with E-state index in [-0.39, 0.29) is 0 Å². The number of aryl methyl sites for hydroxylation is 1. The molecule has 3 aromatic rings. The zero-order chi connectivity index (χ0) is 18.9. The second-order valence-electron chi connectivity index (χ2n) is 6.76. The largest absolute Gasteiger partial charge is 0.489 e. The van der Waals surface area contributed by atoms with E-state index in [4.69, 9.17) is 9.47 Å². The van der Waals surface area contributed by atoms with Gasteiger partial charge in [-0.1, -0.05) is 60.2 Å². The van der Waals surface area contributed by atoms with E-state index < -0.39 is 0 Å². The van der Waals surface area contributed by atoms with E-state index >= 15 is 0 Å². The Morgan fingerprint density at radius 2 is 1.74 bits per heavy atom. The summed E-state index contributed by atoms with van der Waals surface area (Å²) in [6.07, 6.45) is 1.01. The Morgan fingerprint density at radius 1 is 0.926 bits per heavy atom. The molecule has 0 saturated heterocycles. The molecule has 0 aromatic heterocycles. The Kier molecular flexibility index (Phi) is 7.26. The molecule has 0 atom stereocenters. The lowest BCUT2D eigenvalue weighted by Crippen LogP contribution is -2.17. The van der Waals surface area contributed by atoms with Crippen molar-refractivity contribution in [2.24, 2.45) is 0 Å². The number of nitrogens with one attached hydrogen (secondary N) is 1. The molecule has 3 aromatic carbocycles. The van der Waals surface area contributed by atoms with Crippen LogP contribution in [0.2, 0.25) is 0 Å². The van der Waals surface area contributed by atoms with Gasteiger partial charge < -0.3 is 14.8 Å². The van der Waals surface area contributed by atoms with Gasteiger partial charge in [0.25, 0.3) is 0 Å². The van der Waals surface area contributed by atoms with Crippen molar-refractivity contribution in [1.82, 2.24) is 5.32 Å². The Morgan fingerprint density at radius 3 is 2.56 bits per heavy atom. The monoisotopic (exact) mass is 363 g/mol. The molecule has 0 aliphatic heterocycles. The van der Waals surface area contributed by atoms with Gasteiger partial charge in [0.1, 0.15) is 12.4 Å². The van der Waals surface area contributed by atoms with Crippen molar-refractivity contribution >= 4 is 10.8 Å². The van der Waals surface area contributed by atoms with E-state index in [2.05, 4.69) is 72.9 Å². The summed E-state index contributed by atoms with van der Waals surface area (Å²) in [5, 5.41) is 6.03. The second kappa shape index (κ2) is 10.1. The van der Waals surface area contributed by atoms with Crippen LogP contribution in [0, 0.1) is 6.92 Å². The molecule has 0 bridgehead atoms. The van der Waals surface area contributed by atoms with Gasteiger partial charge in [0.15, 0.2) is 0 Å². The van der Waals surface area contributed by atoms with Crippen LogP contribution in [0.3, 0.4) is 0 Å². The molecule has 0 amide bonds. The first-order valence-electron chi connectivity index (χ1n) is 9.75. The Labute approximate surface area is 162 Å². The van der Waals surface area contributed by atoms with Gasteiger partial charge in [-0.2, -0.15) is 0 Å². The van der Waals surface area contributed by atoms with E-state index in [9.17, 15) is 0 Å². The number of hydrogen-bond donors (Lipinski definition) is 1. The number of fused-ring (bicyclic) bond motifs is 1. The quantitative estimate of drug-likeness (QED) is 0.500. The van der Waals surface area contributed by atoms with Crippen molar-refractivity contribution in [3.8, 4) is 5.75 Å². The minimum atomic E-state index is 0.579. The van der Waals surface area contributed by atoms with Crippen molar-refractivity contribution < 1.29 is 9.47 Å². The van der Waals surface area contributed by atoms with Gasteiger partial charge in [-0.15, -0.1) is 0 Å². The first-order valence-corrected chi connectivity index (χ1v) is 9.75. The van der Waals surface area contributed by atoms with Gasteiger partial charge in [-0.05, 0) is 49.2 Å². The maximum atomic E-state index is 6.20. The van der Waals surface area contributed by atoms with Gasteiger partial charge in [0.2, 0.25) is 0 Å². The molecule has 1 N–H and O–H groups in total. The van der Waals surface area contributed by atoms with Gasteiger partial charge in [0, 0.05) is 25.3 Å². The Balaban J connectivity index is 1.71. The molecule has 0 aliphatic carbocycles. The predicted octanol–water partition coefficient (Wildman–Crippen LogP) is 5.24. The number of benzene rings is 3. The highest BCUT2D eigenvalue weighted by Crippen LogP contribution is 2.28. The molecule has 27 heavy (non-hydrogen) atoms. The third-order valence-electron chi connectivity index (χ3n) is 4.66. The normalized spacial score (nSPS) is 11.0. The molecule has 3 heteroatoms. The third kappa shape index (κ3) is 5.56. The SMILES string of the molecule is CCOCCCNCc1c(OCc2ccc(C)cc2)ccc2ccccc12. The standard InChI is InChI=1S/C24H29NO2/c1-3-26-16-6-15-25-17-23-22-8-5-4-7-21(22)13-14-24(23)27-18-20-11-9-19(2)10-12-20/h4-5,7-14,25H,3,6,15-18H2,1-2H3. The zero-order valence-electron chi connectivity index (χ0n) is 16.3. The molecule has 0 radical (unpaired) electrons. The van der Waals surface area contributed by atoms with E-state index in [1.165, 1.54) is 27.5 Å². The summed E-state index contributed by atoms with van der Waals surface area (Å²) in [6.45, 7) is 8.01. The van der Waals surface area contributed by atoms with Crippen LogP contribution >= 0.6 is 0 Å². The van der Waals surface area contributed by atoms with Crippen LogP contribution in [0.4, 0.5) is 0 Å². The maximum absolute atomic E-state index is 6.20. The highest BCUT2D eigenvalue weighted by atomic mass is 16.5. The van der Waals surface area contributed by atoms with E-state index in [0.29, 0.717) is 6.61 Å². The molecule has 3 rings (SSSR count). The average molecular weight is 364 g/mol. The number of rotatable bonds is 10. The smallest absolute Gasteiger partial charge is 0.124 e. The van der Waals surface area contributed by atoms with Crippen molar-refractivity contribution in [3.63, 3.8) is 0 Å². The van der Waals surface area contributed by atoms with E-state index in [1.54, 1.807) is 0 Å². The second-order valence-corrected chi connectivity index (χ2v) is 6.76. The Hall–Kier alpha value is -2.36. The molecule has 0 unspecified atom stereocenters. The van der Waals surface area contributed by atoms with Crippen molar-refractivity contribution in [3.05, 3.63) is 77.4 Å². The summed E-state index contributed by atoms with van der Waals surface area (Å²) in [4.78, 5) is 0. The molecule has 0 fully saturated rings. The number of ether oxygens (including phenoxy) is 2.